The largest absolute Gasteiger partial charge is 0.491 e. The number of aliphatic hydroxyl groups is 2. The van der Waals surface area contributed by atoms with Crippen molar-refractivity contribution in [3.05, 3.63) is 196 Å². The molecule has 0 aliphatic heterocycles. The Morgan fingerprint density at radius 2 is 0.709 bits per heavy atom. The molecule has 14 heteroatoms. The highest BCUT2D eigenvalue weighted by molar-refractivity contribution is 7.95. The second kappa shape index (κ2) is 25.1. The van der Waals surface area contributed by atoms with Crippen molar-refractivity contribution in [3.8, 4) is 11.5 Å². The summed E-state index contributed by atoms with van der Waals surface area (Å²) in [6.07, 6.45) is -1.93. The SMILES string of the molecule is Cc1cc(C)c(C(=O)P(C)(=O)C(=O)c2c(C)cc(C)c(COCC(O)COc3ccc(C(C)(C)c4ccc(OCC(O)COCc5c(C)cc(C)c(C(=O)P(C)(=O)C(=O)c6c(C)cc(C)cc6C)c5C)cc4)cc3)c2C)c(C)c1. The Morgan fingerprint density at radius 1 is 0.430 bits per heavy atom. The Labute approximate surface area is 467 Å². The Hall–Kier alpha value is -6.10. The third kappa shape index (κ3) is 13.7. The van der Waals surface area contributed by atoms with Crippen LogP contribution in [0.4, 0.5) is 0 Å². The van der Waals surface area contributed by atoms with Gasteiger partial charge in [-0.2, -0.15) is 0 Å². The molecule has 0 spiro atoms. The van der Waals surface area contributed by atoms with Gasteiger partial charge in [-0.3, -0.25) is 19.2 Å². The summed E-state index contributed by atoms with van der Waals surface area (Å²) >= 11 is 0. The maximum atomic E-state index is 14.1. The highest BCUT2D eigenvalue weighted by atomic mass is 31.2. The van der Waals surface area contributed by atoms with Crippen molar-refractivity contribution in [1.29, 1.82) is 0 Å². The molecule has 4 unspecified atom stereocenters. The zero-order valence-corrected chi connectivity index (χ0v) is 50.6. The van der Waals surface area contributed by atoms with Gasteiger partial charge in [-0.15, -0.1) is 0 Å². The summed E-state index contributed by atoms with van der Waals surface area (Å²) < 4.78 is 52.0. The van der Waals surface area contributed by atoms with E-state index in [1.54, 1.807) is 55.4 Å². The van der Waals surface area contributed by atoms with E-state index in [4.69, 9.17) is 18.9 Å². The monoisotopic (exact) mass is 1110 g/mol. The second-order valence-corrected chi connectivity index (χ2v) is 27.5. The van der Waals surface area contributed by atoms with Crippen LogP contribution in [0, 0.1) is 83.1 Å². The molecular formula is C65H78O12P2. The van der Waals surface area contributed by atoms with Crippen LogP contribution in [0.1, 0.15) is 144 Å². The van der Waals surface area contributed by atoms with Crippen LogP contribution in [-0.2, 0) is 37.2 Å². The predicted octanol–water partition coefficient (Wildman–Crippen LogP) is 13.6. The average molecular weight is 1110 g/mol. The van der Waals surface area contributed by atoms with E-state index < -0.39 is 54.0 Å². The van der Waals surface area contributed by atoms with Gasteiger partial charge >= 0.3 is 0 Å². The second-order valence-electron chi connectivity index (χ2n) is 22.2. The molecule has 6 aromatic rings. The van der Waals surface area contributed by atoms with Crippen LogP contribution in [0.25, 0.3) is 0 Å². The molecule has 0 aromatic heterocycles. The minimum Gasteiger partial charge on any atom is -0.491 e. The number of hydrogen-bond donors (Lipinski definition) is 2. The van der Waals surface area contributed by atoms with Crippen LogP contribution >= 0.6 is 14.3 Å². The molecule has 0 radical (unpaired) electrons. The summed E-state index contributed by atoms with van der Waals surface area (Å²) in [7, 11) is -8.05. The zero-order chi connectivity index (χ0) is 58.6. The van der Waals surface area contributed by atoms with Crippen molar-refractivity contribution in [1.82, 2.24) is 0 Å². The van der Waals surface area contributed by atoms with E-state index in [0.29, 0.717) is 67.1 Å². The molecule has 6 rings (SSSR count). The standard InChI is InChI=1S/C65H78O12P2/c1-37-25-41(5)57(42(6)26-37)61(68)78(15,72)63(70)59-45(9)29-39(3)55(47(59)11)35-74-31-51(66)33-76-53-21-17-49(18-22-53)65(13,14)50-19-23-54(24-20-50)77-34-52(67)32-75-36-56-40(4)30-46(10)60(48(56)12)64(71)79(16,73)62(69)58-43(7)27-38(2)28-44(58)8/h17-30,51-52,66-67H,31-36H2,1-16H3. The number of aryl methyl sites for hydroxylation is 10. The number of aliphatic hydroxyl groups excluding tert-OH is 2. The molecule has 0 aliphatic rings. The lowest BCUT2D eigenvalue weighted by Crippen LogP contribution is -2.24. The van der Waals surface area contributed by atoms with Gasteiger partial charge in [-0.25, -0.2) is 0 Å². The Bertz CT molecular complexity index is 3150. The minimum atomic E-state index is -4.02. The number of rotatable bonds is 24. The highest BCUT2D eigenvalue weighted by Gasteiger charge is 2.41. The van der Waals surface area contributed by atoms with Gasteiger partial charge in [-0.1, -0.05) is 85.6 Å². The summed E-state index contributed by atoms with van der Waals surface area (Å²) in [5.41, 5.74) is 10.5. The molecule has 0 fully saturated rings. The van der Waals surface area contributed by atoms with Gasteiger partial charge in [0.05, 0.1) is 26.4 Å². The first-order chi connectivity index (χ1) is 36.9. The molecule has 420 valence electrons. The van der Waals surface area contributed by atoms with Crippen LogP contribution in [0.3, 0.4) is 0 Å². The molecular weight excluding hydrogens is 1030 g/mol. The van der Waals surface area contributed by atoms with Crippen LogP contribution in [0.2, 0.25) is 0 Å². The summed E-state index contributed by atoms with van der Waals surface area (Å²) in [6.45, 7) is 28.7. The van der Waals surface area contributed by atoms with Gasteiger partial charge in [-0.05, 0) is 185 Å². The van der Waals surface area contributed by atoms with Gasteiger partial charge in [0.15, 0.2) is 0 Å². The van der Waals surface area contributed by atoms with Crippen molar-refractivity contribution in [2.24, 2.45) is 0 Å². The molecule has 0 aliphatic carbocycles. The maximum absolute atomic E-state index is 14.1. The number of ether oxygens (including phenoxy) is 4. The van der Waals surface area contributed by atoms with Crippen molar-refractivity contribution in [3.63, 3.8) is 0 Å². The Balaban J connectivity index is 0.977. The fourth-order valence-electron chi connectivity index (χ4n) is 10.8. The van der Waals surface area contributed by atoms with Gasteiger partial charge in [0.2, 0.25) is 36.4 Å². The van der Waals surface area contributed by atoms with Crippen molar-refractivity contribution >= 4 is 36.4 Å². The zero-order valence-electron chi connectivity index (χ0n) is 48.9. The van der Waals surface area contributed by atoms with Gasteiger partial charge in [0.1, 0.15) is 36.9 Å². The number of carbonyl (C=O) groups excluding carboxylic acids is 4. The van der Waals surface area contributed by atoms with Gasteiger partial charge in [0, 0.05) is 41.0 Å². The van der Waals surface area contributed by atoms with E-state index >= 15 is 0 Å². The third-order valence-electron chi connectivity index (χ3n) is 15.2. The van der Waals surface area contributed by atoms with E-state index in [2.05, 4.69) is 13.8 Å². The number of benzene rings is 6. The van der Waals surface area contributed by atoms with Crippen molar-refractivity contribution < 1.29 is 57.5 Å². The van der Waals surface area contributed by atoms with Crippen LogP contribution < -0.4 is 9.47 Å². The molecule has 0 amide bonds. The summed E-state index contributed by atoms with van der Waals surface area (Å²) in [6, 6.07) is 26.4. The van der Waals surface area contributed by atoms with Crippen LogP contribution in [0.15, 0.2) is 84.9 Å². The topological polar surface area (TPSA) is 180 Å². The molecule has 4 atom stereocenters. The molecule has 0 saturated heterocycles. The lowest BCUT2D eigenvalue weighted by molar-refractivity contribution is 0.00521. The first-order valence-electron chi connectivity index (χ1n) is 26.6. The third-order valence-corrected chi connectivity index (χ3v) is 19.2. The lowest BCUT2D eigenvalue weighted by atomic mass is 9.78. The molecule has 79 heavy (non-hydrogen) atoms. The van der Waals surface area contributed by atoms with E-state index in [0.717, 1.165) is 44.5 Å². The smallest absolute Gasteiger partial charge is 0.229 e. The summed E-state index contributed by atoms with van der Waals surface area (Å²) in [5.74, 6) is 1.13. The maximum Gasteiger partial charge on any atom is 0.229 e. The fraction of sp³-hybridized carbons (Fsp3) is 0.385. The van der Waals surface area contributed by atoms with Gasteiger partial charge in [0.25, 0.3) is 0 Å². The van der Waals surface area contributed by atoms with Crippen LogP contribution in [-0.4, -0.2) is 84.3 Å². The molecule has 6 aromatic carbocycles. The highest BCUT2D eigenvalue weighted by Crippen LogP contribution is 2.52. The van der Waals surface area contributed by atoms with Crippen LogP contribution in [0.5, 0.6) is 11.5 Å². The van der Waals surface area contributed by atoms with Crippen molar-refractivity contribution in [2.75, 3.05) is 39.8 Å². The summed E-state index contributed by atoms with van der Waals surface area (Å²) in [4.78, 5) is 55.5. The molecule has 0 heterocycles. The molecule has 12 nitrogen and oxygen atoms in total. The molecule has 2 N–H and O–H groups in total. The molecule has 0 bridgehead atoms. The average Bonchev–Trinajstić information content (AvgIpc) is 3.51. The van der Waals surface area contributed by atoms with E-state index in [9.17, 15) is 38.5 Å². The van der Waals surface area contributed by atoms with E-state index in [-0.39, 0.29) is 50.8 Å². The van der Waals surface area contributed by atoms with Crippen molar-refractivity contribution in [2.45, 2.75) is 128 Å². The van der Waals surface area contributed by atoms with E-state index in [1.807, 2.05) is 113 Å². The minimum absolute atomic E-state index is 0.0297. The number of hydrogen-bond acceptors (Lipinski definition) is 12. The first-order valence-corrected chi connectivity index (χ1v) is 30.9. The first kappa shape index (κ1) is 62.1. The van der Waals surface area contributed by atoms with Gasteiger partial charge < -0.3 is 38.3 Å². The molecule has 0 saturated carbocycles. The Kier molecular flexibility index (Phi) is 19.8. The predicted molar refractivity (Wildman–Crippen MR) is 314 cm³/mol. The summed E-state index contributed by atoms with van der Waals surface area (Å²) in [5, 5.41) is 21.7. The lowest BCUT2D eigenvalue weighted by Gasteiger charge is -2.26. The number of carbonyl (C=O) groups is 4. The fourth-order valence-corrected chi connectivity index (χ4v) is 14.3. The Morgan fingerprint density at radius 3 is 1.01 bits per heavy atom. The quantitative estimate of drug-likeness (QED) is 0.0549. The van der Waals surface area contributed by atoms with E-state index in [1.165, 1.54) is 13.3 Å². The normalized spacial score (nSPS) is 14.0.